The standard InChI is InChI=1S/C18H16ClNO8/c1-25-16(21)8-13(18(24)26-2)20-10-3-5-14(12(19)7-10)27-9-11-4-6-15(28-11)17(22)23/h3-8,20H,9H2,1-2H3,(H,22,23)/b13-8+. The second kappa shape index (κ2) is 9.47. The first-order valence-corrected chi connectivity index (χ1v) is 8.11. The fraction of sp³-hybridized carbons (Fsp3) is 0.167. The molecule has 1 aromatic carbocycles. The first-order valence-electron chi connectivity index (χ1n) is 7.73. The van der Waals surface area contributed by atoms with Crippen molar-refractivity contribution in [3.8, 4) is 5.75 Å². The fourth-order valence-corrected chi connectivity index (χ4v) is 2.24. The lowest BCUT2D eigenvalue weighted by Gasteiger charge is -2.11. The molecule has 0 saturated heterocycles. The van der Waals surface area contributed by atoms with E-state index in [1.54, 1.807) is 6.07 Å². The minimum absolute atomic E-state index is 0.0323. The van der Waals surface area contributed by atoms with Gasteiger partial charge in [0, 0.05) is 5.69 Å². The number of furan rings is 1. The van der Waals surface area contributed by atoms with Gasteiger partial charge in [-0.15, -0.1) is 0 Å². The van der Waals surface area contributed by atoms with Gasteiger partial charge in [-0.2, -0.15) is 0 Å². The van der Waals surface area contributed by atoms with Gasteiger partial charge in [0.05, 0.1) is 25.3 Å². The molecule has 0 amide bonds. The summed E-state index contributed by atoms with van der Waals surface area (Å²) in [7, 11) is 2.35. The molecule has 2 aromatic rings. The molecule has 1 heterocycles. The Morgan fingerprint density at radius 1 is 1.18 bits per heavy atom. The smallest absolute Gasteiger partial charge is 0.371 e. The summed E-state index contributed by atoms with van der Waals surface area (Å²) < 4.78 is 19.7. The summed E-state index contributed by atoms with van der Waals surface area (Å²) in [5, 5.41) is 11.7. The molecule has 0 aliphatic carbocycles. The maximum atomic E-state index is 11.8. The molecule has 0 aliphatic heterocycles. The Kier molecular flexibility index (Phi) is 7.05. The highest BCUT2D eigenvalue weighted by molar-refractivity contribution is 6.32. The molecule has 0 bridgehead atoms. The first kappa shape index (κ1) is 20.8. The summed E-state index contributed by atoms with van der Waals surface area (Å²) in [5.74, 6) is -2.27. The van der Waals surface area contributed by atoms with Crippen molar-refractivity contribution in [2.24, 2.45) is 0 Å². The van der Waals surface area contributed by atoms with Crippen LogP contribution < -0.4 is 10.1 Å². The average molecular weight is 410 g/mol. The van der Waals surface area contributed by atoms with Gasteiger partial charge in [0.2, 0.25) is 5.76 Å². The average Bonchev–Trinajstić information content (AvgIpc) is 3.15. The van der Waals surface area contributed by atoms with Crippen molar-refractivity contribution in [3.63, 3.8) is 0 Å². The molecule has 28 heavy (non-hydrogen) atoms. The SMILES string of the molecule is COC(=O)/C=C(/Nc1ccc(OCc2ccc(C(=O)O)o2)c(Cl)c1)C(=O)OC. The van der Waals surface area contributed by atoms with E-state index in [4.69, 9.17) is 25.9 Å². The number of methoxy groups -OCH3 is 2. The van der Waals surface area contributed by atoms with Crippen molar-refractivity contribution in [1.82, 2.24) is 0 Å². The van der Waals surface area contributed by atoms with Crippen LogP contribution in [0.3, 0.4) is 0 Å². The lowest BCUT2D eigenvalue weighted by molar-refractivity contribution is -0.138. The summed E-state index contributed by atoms with van der Waals surface area (Å²) in [5.41, 5.74) is 0.250. The zero-order chi connectivity index (χ0) is 20.7. The number of carbonyl (C=O) groups excluding carboxylic acids is 2. The van der Waals surface area contributed by atoms with Gasteiger partial charge >= 0.3 is 17.9 Å². The molecule has 0 atom stereocenters. The van der Waals surface area contributed by atoms with Gasteiger partial charge in [-0.05, 0) is 30.3 Å². The molecule has 0 saturated carbocycles. The Morgan fingerprint density at radius 2 is 1.93 bits per heavy atom. The number of ether oxygens (including phenoxy) is 3. The predicted molar refractivity (Wildman–Crippen MR) is 97.2 cm³/mol. The monoisotopic (exact) mass is 409 g/mol. The second-order valence-corrected chi connectivity index (χ2v) is 5.61. The van der Waals surface area contributed by atoms with Crippen molar-refractivity contribution < 1.29 is 38.1 Å². The third-order valence-corrected chi connectivity index (χ3v) is 3.62. The Morgan fingerprint density at radius 3 is 2.50 bits per heavy atom. The number of hydrogen-bond donors (Lipinski definition) is 2. The molecule has 0 radical (unpaired) electrons. The van der Waals surface area contributed by atoms with Gasteiger partial charge in [-0.3, -0.25) is 0 Å². The molecular formula is C18H16ClNO8. The largest absolute Gasteiger partial charge is 0.484 e. The Labute approximate surface area is 164 Å². The topological polar surface area (TPSA) is 124 Å². The zero-order valence-corrected chi connectivity index (χ0v) is 15.6. The first-order chi connectivity index (χ1) is 13.3. The Bertz CT molecular complexity index is 918. The van der Waals surface area contributed by atoms with E-state index in [9.17, 15) is 14.4 Å². The van der Waals surface area contributed by atoms with Crippen LogP contribution in [0, 0.1) is 0 Å². The lowest BCUT2D eigenvalue weighted by atomic mass is 10.2. The number of hydrogen-bond acceptors (Lipinski definition) is 8. The van der Waals surface area contributed by atoms with Crippen molar-refractivity contribution in [2.75, 3.05) is 19.5 Å². The minimum Gasteiger partial charge on any atom is -0.484 e. The molecule has 10 heteroatoms. The van der Waals surface area contributed by atoms with Gasteiger partial charge in [-0.1, -0.05) is 11.6 Å². The number of benzene rings is 1. The van der Waals surface area contributed by atoms with Crippen LogP contribution in [-0.2, 0) is 25.7 Å². The second-order valence-electron chi connectivity index (χ2n) is 5.20. The number of anilines is 1. The molecule has 2 N–H and O–H groups in total. The van der Waals surface area contributed by atoms with Crippen molar-refractivity contribution >= 4 is 35.2 Å². The minimum atomic E-state index is -1.18. The van der Waals surface area contributed by atoms with Crippen LogP contribution in [0.5, 0.6) is 5.75 Å². The molecule has 1 aromatic heterocycles. The molecule has 148 valence electrons. The Hall–Kier alpha value is -3.46. The van der Waals surface area contributed by atoms with E-state index in [2.05, 4.69) is 14.8 Å². The van der Waals surface area contributed by atoms with Crippen LogP contribution in [-0.4, -0.2) is 37.2 Å². The summed E-state index contributed by atoms with van der Waals surface area (Å²) in [4.78, 5) is 33.9. The molecule has 0 spiro atoms. The summed E-state index contributed by atoms with van der Waals surface area (Å²) in [6.07, 6.45) is 0.946. The number of carboxylic acids is 1. The molecule has 0 aliphatic rings. The van der Waals surface area contributed by atoms with Crippen LogP contribution in [0.4, 0.5) is 5.69 Å². The molecule has 0 fully saturated rings. The van der Waals surface area contributed by atoms with Crippen LogP contribution >= 0.6 is 11.6 Å². The number of nitrogens with one attached hydrogen (secondary N) is 1. The number of halogens is 1. The van der Waals surface area contributed by atoms with Crippen LogP contribution in [0.25, 0.3) is 0 Å². The highest BCUT2D eigenvalue weighted by atomic mass is 35.5. The summed E-state index contributed by atoms with van der Waals surface area (Å²) in [6, 6.07) is 7.35. The van der Waals surface area contributed by atoms with Gasteiger partial charge in [-0.25, -0.2) is 14.4 Å². The van der Waals surface area contributed by atoms with Crippen molar-refractivity contribution in [2.45, 2.75) is 6.61 Å². The number of carboxylic acid groups (broad SMARTS) is 1. The normalized spacial score (nSPS) is 10.9. The van der Waals surface area contributed by atoms with Crippen molar-refractivity contribution in [1.29, 1.82) is 0 Å². The molecular weight excluding hydrogens is 394 g/mol. The number of carbonyl (C=O) groups is 3. The van der Waals surface area contributed by atoms with Gasteiger partial charge < -0.3 is 29.1 Å². The van der Waals surface area contributed by atoms with Crippen LogP contribution in [0.15, 0.2) is 46.5 Å². The van der Waals surface area contributed by atoms with E-state index in [1.165, 1.54) is 38.5 Å². The third-order valence-electron chi connectivity index (χ3n) is 3.32. The van der Waals surface area contributed by atoms with Crippen LogP contribution in [0.2, 0.25) is 5.02 Å². The van der Waals surface area contributed by atoms with Gasteiger partial charge in [0.1, 0.15) is 23.8 Å². The van der Waals surface area contributed by atoms with Crippen LogP contribution in [0.1, 0.15) is 16.3 Å². The number of esters is 2. The van der Waals surface area contributed by atoms with E-state index >= 15 is 0 Å². The fourth-order valence-electron chi connectivity index (χ4n) is 2.00. The molecule has 0 unspecified atom stereocenters. The van der Waals surface area contributed by atoms with E-state index in [0.29, 0.717) is 17.2 Å². The lowest BCUT2D eigenvalue weighted by Crippen LogP contribution is -2.15. The summed E-state index contributed by atoms with van der Waals surface area (Å²) in [6.45, 7) is -0.0323. The highest BCUT2D eigenvalue weighted by Gasteiger charge is 2.14. The predicted octanol–water partition coefficient (Wildman–Crippen LogP) is 2.85. The third kappa shape index (κ3) is 5.52. The van der Waals surface area contributed by atoms with E-state index < -0.39 is 17.9 Å². The van der Waals surface area contributed by atoms with Crippen molar-refractivity contribution in [3.05, 3.63) is 58.6 Å². The van der Waals surface area contributed by atoms with Gasteiger partial charge in [0.25, 0.3) is 0 Å². The quantitative estimate of drug-likeness (QED) is 0.500. The molecule has 2 rings (SSSR count). The zero-order valence-electron chi connectivity index (χ0n) is 14.9. The van der Waals surface area contributed by atoms with E-state index in [-0.39, 0.29) is 23.1 Å². The van der Waals surface area contributed by atoms with Gasteiger partial charge in [0.15, 0.2) is 0 Å². The van der Waals surface area contributed by atoms with E-state index in [0.717, 1.165) is 6.08 Å². The van der Waals surface area contributed by atoms with E-state index in [1.807, 2.05) is 0 Å². The maximum absolute atomic E-state index is 11.8. The maximum Gasteiger partial charge on any atom is 0.371 e. The summed E-state index contributed by atoms with van der Waals surface area (Å²) >= 11 is 6.16. The highest BCUT2D eigenvalue weighted by Crippen LogP contribution is 2.29. The number of rotatable bonds is 8. The molecule has 9 nitrogen and oxygen atoms in total. The Balaban J connectivity index is 2.09. The number of aromatic carboxylic acids is 1.